The number of carboxylic acids is 1. The van der Waals surface area contributed by atoms with E-state index >= 15 is 0 Å². The number of piperidine rings is 1. The Kier molecular flexibility index (Phi) is 8.26. The number of hydrogen-bond acceptors (Lipinski definition) is 3. The average molecular weight is 284 g/mol. The first-order chi connectivity index (χ1) is 9.63. The van der Waals surface area contributed by atoms with Crippen molar-refractivity contribution in [1.29, 1.82) is 0 Å². The summed E-state index contributed by atoms with van der Waals surface area (Å²) in [7, 11) is 0. The van der Waals surface area contributed by atoms with Crippen LogP contribution in [0.1, 0.15) is 58.3 Å². The molecule has 0 spiro atoms. The first-order valence-corrected chi connectivity index (χ1v) is 7.86. The average Bonchev–Trinajstić information content (AvgIpc) is 2.45. The van der Waals surface area contributed by atoms with Crippen molar-refractivity contribution in [2.24, 2.45) is 5.92 Å². The van der Waals surface area contributed by atoms with Gasteiger partial charge in [-0.05, 0) is 38.1 Å². The maximum Gasteiger partial charge on any atom is 0.303 e. The molecular weight excluding hydrogens is 256 g/mol. The molecule has 5 heteroatoms. The van der Waals surface area contributed by atoms with Gasteiger partial charge in [0.2, 0.25) is 5.91 Å². The molecule has 1 fully saturated rings. The van der Waals surface area contributed by atoms with Crippen molar-refractivity contribution < 1.29 is 14.7 Å². The van der Waals surface area contributed by atoms with Gasteiger partial charge in [-0.15, -0.1) is 0 Å². The molecule has 0 aromatic rings. The number of hydrogen-bond donors (Lipinski definition) is 3. The lowest BCUT2D eigenvalue weighted by molar-refractivity contribution is -0.137. The standard InChI is InChI=1S/C15H28N2O3/c1-2-5-12(7-8-14(18)19)9-11-17-15(20)13-6-3-4-10-16-13/h12-13,16H,2-11H2,1H3,(H,17,20)(H,18,19)/t12?,13-/m0/s1. The maximum absolute atomic E-state index is 11.9. The summed E-state index contributed by atoms with van der Waals surface area (Å²) < 4.78 is 0. The van der Waals surface area contributed by atoms with Crippen molar-refractivity contribution in [3.8, 4) is 0 Å². The predicted octanol–water partition coefficient (Wildman–Crippen LogP) is 1.92. The van der Waals surface area contributed by atoms with Gasteiger partial charge in [0.15, 0.2) is 0 Å². The molecule has 1 rings (SSSR count). The van der Waals surface area contributed by atoms with Crippen molar-refractivity contribution in [1.82, 2.24) is 10.6 Å². The normalized spacial score (nSPS) is 20.4. The van der Waals surface area contributed by atoms with Gasteiger partial charge in [-0.3, -0.25) is 9.59 Å². The minimum atomic E-state index is -0.735. The van der Waals surface area contributed by atoms with E-state index in [2.05, 4.69) is 17.6 Å². The summed E-state index contributed by atoms with van der Waals surface area (Å²) in [5.74, 6) is -0.240. The summed E-state index contributed by atoms with van der Waals surface area (Å²) in [5.41, 5.74) is 0. The van der Waals surface area contributed by atoms with Gasteiger partial charge < -0.3 is 15.7 Å². The van der Waals surface area contributed by atoms with E-state index in [9.17, 15) is 9.59 Å². The fourth-order valence-corrected chi connectivity index (χ4v) is 2.77. The third-order valence-corrected chi connectivity index (χ3v) is 3.94. The summed E-state index contributed by atoms with van der Waals surface area (Å²) in [6.45, 7) is 3.69. The van der Waals surface area contributed by atoms with Gasteiger partial charge in [0, 0.05) is 13.0 Å². The van der Waals surface area contributed by atoms with Gasteiger partial charge in [0.05, 0.1) is 6.04 Å². The molecule has 0 bridgehead atoms. The van der Waals surface area contributed by atoms with Crippen LogP contribution in [0.3, 0.4) is 0 Å². The fraction of sp³-hybridized carbons (Fsp3) is 0.867. The van der Waals surface area contributed by atoms with E-state index in [1.165, 1.54) is 0 Å². The lowest BCUT2D eigenvalue weighted by Gasteiger charge is -2.23. The zero-order chi connectivity index (χ0) is 14.8. The molecule has 1 heterocycles. The van der Waals surface area contributed by atoms with Crippen LogP contribution in [0.5, 0.6) is 0 Å². The molecule has 116 valence electrons. The second kappa shape index (κ2) is 9.75. The Morgan fingerprint density at radius 3 is 2.70 bits per heavy atom. The molecule has 0 aromatic heterocycles. The smallest absolute Gasteiger partial charge is 0.303 e. The van der Waals surface area contributed by atoms with Crippen LogP contribution < -0.4 is 10.6 Å². The Balaban J connectivity index is 2.21. The summed E-state index contributed by atoms with van der Waals surface area (Å²) in [5, 5.41) is 14.9. The van der Waals surface area contributed by atoms with E-state index < -0.39 is 5.97 Å². The molecule has 0 aromatic carbocycles. The maximum atomic E-state index is 11.9. The SMILES string of the molecule is CCCC(CCNC(=O)[C@@H]1CCCCN1)CCC(=O)O. The number of carbonyl (C=O) groups excluding carboxylic acids is 1. The van der Waals surface area contributed by atoms with Gasteiger partial charge in [-0.1, -0.05) is 26.2 Å². The van der Waals surface area contributed by atoms with E-state index in [1.54, 1.807) is 0 Å². The molecule has 1 unspecified atom stereocenters. The molecule has 0 radical (unpaired) electrons. The first-order valence-electron chi connectivity index (χ1n) is 7.86. The highest BCUT2D eigenvalue weighted by atomic mass is 16.4. The lowest BCUT2D eigenvalue weighted by Crippen LogP contribution is -2.46. The van der Waals surface area contributed by atoms with E-state index in [1.807, 2.05) is 0 Å². The van der Waals surface area contributed by atoms with Crippen LogP contribution in [-0.4, -0.2) is 36.1 Å². The third-order valence-electron chi connectivity index (χ3n) is 3.94. The first kappa shape index (κ1) is 17.0. The Labute approximate surface area is 121 Å². The van der Waals surface area contributed by atoms with E-state index in [-0.39, 0.29) is 18.4 Å². The van der Waals surface area contributed by atoms with E-state index in [4.69, 9.17) is 5.11 Å². The zero-order valence-electron chi connectivity index (χ0n) is 12.5. The monoisotopic (exact) mass is 284 g/mol. The highest BCUT2D eigenvalue weighted by molar-refractivity contribution is 5.81. The molecule has 1 amide bonds. The van der Waals surface area contributed by atoms with Gasteiger partial charge in [-0.25, -0.2) is 0 Å². The molecule has 1 aliphatic heterocycles. The molecule has 20 heavy (non-hydrogen) atoms. The Bertz CT molecular complexity index is 301. The summed E-state index contributed by atoms with van der Waals surface area (Å²) in [4.78, 5) is 22.6. The van der Waals surface area contributed by atoms with Crippen LogP contribution in [0.4, 0.5) is 0 Å². The van der Waals surface area contributed by atoms with E-state index in [0.717, 1.165) is 45.1 Å². The Morgan fingerprint density at radius 2 is 2.10 bits per heavy atom. The number of rotatable bonds is 9. The van der Waals surface area contributed by atoms with Gasteiger partial charge in [0.25, 0.3) is 0 Å². The second-order valence-electron chi connectivity index (χ2n) is 5.67. The Morgan fingerprint density at radius 1 is 1.30 bits per heavy atom. The van der Waals surface area contributed by atoms with Crippen LogP contribution in [-0.2, 0) is 9.59 Å². The molecule has 2 atom stereocenters. The summed E-state index contributed by atoms with van der Waals surface area (Å²) in [6.07, 6.45) is 7.08. The highest BCUT2D eigenvalue weighted by Gasteiger charge is 2.20. The van der Waals surface area contributed by atoms with Crippen molar-refractivity contribution in [3.05, 3.63) is 0 Å². The number of aliphatic carboxylic acids is 1. The minimum Gasteiger partial charge on any atom is -0.481 e. The van der Waals surface area contributed by atoms with Gasteiger partial charge in [0.1, 0.15) is 0 Å². The van der Waals surface area contributed by atoms with Crippen LogP contribution in [0.25, 0.3) is 0 Å². The molecule has 0 saturated carbocycles. The predicted molar refractivity (Wildman–Crippen MR) is 78.5 cm³/mol. The largest absolute Gasteiger partial charge is 0.481 e. The second-order valence-corrected chi connectivity index (χ2v) is 5.67. The van der Waals surface area contributed by atoms with Crippen LogP contribution in [0, 0.1) is 5.92 Å². The van der Waals surface area contributed by atoms with Gasteiger partial charge >= 0.3 is 5.97 Å². The van der Waals surface area contributed by atoms with Gasteiger partial charge in [-0.2, -0.15) is 0 Å². The quantitative estimate of drug-likeness (QED) is 0.604. The fourth-order valence-electron chi connectivity index (χ4n) is 2.77. The van der Waals surface area contributed by atoms with Crippen molar-refractivity contribution >= 4 is 11.9 Å². The van der Waals surface area contributed by atoms with Crippen LogP contribution >= 0.6 is 0 Å². The topological polar surface area (TPSA) is 78.4 Å². The zero-order valence-corrected chi connectivity index (χ0v) is 12.5. The summed E-state index contributed by atoms with van der Waals surface area (Å²) in [6, 6.07) is -0.0348. The van der Waals surface area contributed by atoms with Crippen LogP contribution in [0.15, 0.2) is 0 Å². The molecular formula is C15H28N2O3. The number of carboxylic acid groups (broad SMARTS) is 1. The Hall–Kier alpha value is -1.10. The number of nitrogens with one attached hydrogen (secondary N) is 2. The molecule has 1 saturated heterocycles. The lowest BCUT2D eigenvalue weighted by atomic mass is 9.94. The molecule has 0 aliphatic carbocycles. The van der Waals surface area contributed by atoms with Crippen LogP contribution in [0.2, 0.25) is 0 Å². The third kappa shape index (κ3) is 6.89. The van der Waals surface area contributed by atoms with Crippen molar-refractivity contribution in [2.45, 2.75) is 64.3 Å². The molecule has 3 N–H and O–H groups in total. The molecule has 1 aliphatic rings. The van der Waals surface area contributed by atoms with Crippen molar-refractivity contribution in [2.75, 3.05) is 13.1 Å². The van der Waals surface area contributed by atoms with E-state index in [0.29, 0.717) is 18.9 Å². The van der Waals surface area contributed by atoms with Crippen molar-refractivity contribution in [3.63, 3.8) is 0 Å². The number of carbonyl (C=O) groups is 2. The minimum absolute atomic E-state index is 0.0348. The summed E-state index contributed by atoms with van der Waals surface area (Å²) >= 11 is 0. The highest BCUT2D eigenvalue weighted by Crippen LogP contribution is 2.17. The molecule has 5 nitrogen and oxygen atoms in total. The number of amides is 1.